The number of aliphatic carboxylic acids is 1. The Morgan fingerprint density at radius 1 is 1.09 bits per heavy atom. The number of rotatable bonds is 5. The van der Waals surface area contributed by atoms with E-state index in [0.29, 0.717) is 6.42 Å². The number of carbonyl (C=O) groups is 1. The molecule has 0 aliphatic carbocycles. The summed E-state index contributed by atoms with van der Waals surface area (Å²) < 4.78 is 0. The Hall–Kier alpha value is -2.13. The molecule has 1 atom stereocenters. The van der Waals surface area contributed by atoms with Crippen LogP contribution in [0.4, 0.5) is 0 Å². The highest BCUT2D eigenvalue weighted by Gasteiger charge is 2.27. The molecule has 0 bridgehead atoms. The summed E-state index contributed by atoms with van der Waals surface area (Å²) in [7, 11) is 0. The van der Waals surface area contributed by atoms with Crippen LogP contribution in [0.1, 0.15) is 35.6 Å². The minimum absolute atomic E-state index is 0.236. The zero-order valence-electron chi connectivity index (χ0n) is 12.6. The van der Waals surface area contributed by atoms with Crippen molar-refractivity contribution in [2.75, 3.05) is 13.1 Å². The lowest BCUT2D eigenvalue weighted by molar-refractivity contribution is -0.137. The van der Waals surface area contributed by atoms with Crippen molar-refractivity contribution in [1.29, 1.82) is 0 Å². The van der Waals surface area contributed by atoms with Crippen LogP contribution in [0.5, 0.6) is 0 Å². The third-order valence-corrected chi connectivity index (χ3v) is 4.33. The Balaban J connectivity index is 1.88. The minimum atomic E-state index is -0.714. The molecule has 3 rings (SSSR count). The molecule has 0 fully saturated rings. The Labute approximate surface area is 131 Å². The normalized spacial score (nSPS) is 17.9. The van der Waals surface area contributed by atoms with Crippen LogP contribution in [0.3, 0.4) is 0 Å². The highest BCUT2D eigenvalue weighted by molar-refractivity contribution is 5.66. The second-order valence-electron chi connectivity index (χ2n) is 5.80. The van der Waals surface area contributed by atoms with Gasteiger partial charge < -0.3 is 5.11 Å². The summed E-state index contributed by atoms with van der Waals surface area (Å²) in [6.07, 6.45) is 1.97. The summed E-state index contributed by atoms with van der Waals surface area (Å²) in [6.45, 7) is 1.80. The molecule has 0 saturated heterocycles. The van der Waals surface area contributed by atoms with Gasteiger partial charge in [-0.3, -0.25) is 9.69 Å². The van der Waals surface area contributed by atoms with Crippen LogP contribution in [-0.2, 0) is 11.2 Å². The molecule has 22 heavy (non-hydrogen) atoms. The maximum absolute atomic E-state index is 10.8. The molecule has 1 aliphatic rings. The zero-order valence-corrected chi connectivity index (χ0v) is 12.6. The average Bonchev–Trinajstić information content (AvgIpc) is 2.55. The van der Waals surface area contributed by atoms with E-state index in [1.54, 1.807) is 0 Å². The van der Waals surface area contributed by atoms with E-state index in [1.165, 1.54) is 16.7 Å². The van der Waals surface area contributed by atoms with Gasteiger partial charge in [0, 0.05) is 13.0 Å². The van der Waals surface area contributed by atoms with Crippen molar-refractivity contribution >= 4 is 5.97 Å². The maximum atomic E-state index is 10.8. The highest BCUT2D eigenvalue weighted by Crippen LogP contribution is 2.34. The van der Waals surface area contributed by atoms with Crippen LogP contribution in [0.25, 0.3) is 0 Å². The van der Waals surface area contributed by atoms with Gasteiger partial charge in [-0.05, 0) is 36.1 Å². The second-order valence-corrected chi connectivity index (χ2v) is 5.80. The summed E-state index contributed by atoms with van der Waals surface area (Å²) >= 11 is 0. The standard InChI is InChI=1S/C19H21NO2/c21-18(22)11-6-13-20-14-12-15-7-4-5-10-17(15)19(20)16-8-2-1-3-9-16/h1-5,7-10,19H,6,11-14H2,(H,21,22). The Bertz CT molecular complexity index is 639. The molecule has 114 valence electrons. The summed E-state index contributed by atoms with van der Waals surface area (Å²) in [4.78, 5) is 13.2. The molecule has 3 heteroatoms. The van der Waals surface area contributed by atoms with Crippen LogP contribution in [0.15, 0.2) is 54.6 Å². The SMILES string of the molecule is O=C(O)CCCN1CCc2ccccc2C1c1ccccc1. The van der Waals surface area contributed by atoms with Crippen molar-refractivity contribution in [3.8, 4) is 0 Å². The third-order valence-electron chi connectivity index (χ3n) is 4.33. The fourth-order valence-electron chi connectivity index (χ4n) is 3.32. The van der Waals surface area contributed by atoms with E-state index < -0.39 is 5.97 Å². The van der Waals surface area contributed by atoms with E-state index in [9.17, 15) is 4.79 Å². The van der Waals surface area contributed by atoms with Gasteiger partial charge in [-0.15, -0.1) is 0 Å². The second kappa shape index (κ2) is 6.75. The number of nitrogens with zero attached hydrogens (tertiary/aromatic N) is 1. The van der Waals surface area contributed by atoms with Gasteiger partial charge in [-0.25, -0.2) is 0 Å². The van der Waals surface area contributed by atoms with Gasteiger partial charge in [0.15, 0.2) is 0 Å². The van der Waals surface area contributed by atoms with Crippen LogP contribution in [0.2, 0.25) is 0 Å². The predicted molar refractivity (Wildman–Crippen MR) is 86.9 cm³/mol. The first-order valence-electron chi connectivity index (χ1n) is 7.84. The smallest absolute Gasteiger partial charge is 0.303 e. The number of carboxylic acids is 1. The molecule has 3 nitrogen and oxygen atoms in total. The fourth-order valence-corrected chi connectivity index (χ4v) is 3.32. The van der Waals surface area contributed by atoms with Crippen molar-refractivity contribution in [3.63, 3.8) is 0 Å². The number of carboxylic acid groups (broad SMARTS) is 1. The molecule has 2 aromatic rings. The molecule has 0 amide bonds. The maximum Gasteiger partial charge on any atom is 0.303 e. The van der Waals surface area contributed by atoms with Gasteiger partial charge in [0.25, 0.3) is 0 Å². The van der Waals surface area contributed by atoms with Crippen molar-refractivity contribution < 1.29 is 9.90 Å². The Morgan fingerprint density at radius 2 is 1.82 bits per heavy atom. The van der Waals surface area contributed by atoms with Gasteiger partial charge in [-0.2, -0.15) is 0 Å². The molecule has 2 aromatic carbocycles. The van der Waals surface area contributed by atoms with Gasteiger partial charge in [-0.1, -0.05) is 54.6 Å². The lowest BCUT2D eigenvalue weighted by atomic mass is 9.88. The monoisotopic (exact) mass is 295 g/mol. The molecular weight excluding hydrogens is 274 g/mol. The van der Waals surface area contributed by atoms with Gasteiger partial charge in [0.1, 0.15) is 0 Å². The number of benzene rings is 2. The summed E-state index contributed by atoms with van der Waals surface area (Å²) in [5.74, 6) is -0.714. The van der Waals surface area contributed by atoms with Crippen LogP contribution >= 0.6 is 0 Å². The van der Waals surface area contributed by atoms with E-state index in [-0.39, 0.29) is 12.5 Å². The highest BCUT2D eigenvalue weighted by atomic mass is 16.4. The number of hydrogen-bond acceptors (Lipinski definition) is 2. The molecule has 1 unspecified atom stereocenters. The molecule has 1 aliphatic heterocycles. The molecule has 0 radical (unpaired) electrons. The van der Waals surface area contributed by atoms with Crippen molar-refractivity contribution in [1.82, 2.24) is 4.90 Å². The number of hydrogen-bond donors (Lipinski definition) is 1. The van der Waals surface area contributed by atoms with Crippen molar-refractivity contribution in [2.45, 2.75) is 25.3 Å². The van der Waals surface area contributed by atoms with Crippen LogP contribution < -0.4 is 0 Å². The molecular formula is C19H21NO2. The average molecular weight is 295 g/mol. The first-order chi connectivity index (χ1) is 10.8. The lowest BCUT2D eigenvalue weighted by Crippen LogP contribution is -2.37. The molecule has 0 saturated carbocycles. The largest absolute Gasteiger partial charge is 0.481 e. The molecule has 0 aromatic heterocycles. The molecule has 1 N–H and O–H groups in total. The Kier molecular flexibility index (Phi) is 4.54. The van der Waals surface area contributed by atoms with Crippen molar-refractivity contribution in [2.24, 2.45) is 0 Å². The summed E-state index contributed by atoms with van der Waals surface area (Å²) in [5.41, 5.74) is 4.05. The van der Waals surface area contributed by atoms with Gasteiger partial charge in [0.2, 0.25) is 0 Å². The van der Waals surface area contributed by atoms with Crippen molar-refractivity contribution in [3.05, 3.63) is 71.3 Å². The van der Waals surface area contributed by atoms with Gasteiger partial charge >= 0.3 is 5.97 Å². The number of fused-ring (bicyclic) bond motifs is 1. The zero-order chi connectivity index (χ0) is 15.4. The Morgan fingerprint density at radius 3 is 2.59 bits per heavy atom. The first-order valence-corrected chi connectivity index (χ1v) is 7.84. The topological polar surface area (TPSA) is 40.5 Å². The predicted octanol–water partition coefficient (Wildman–Crippen LogP) is 3.50. The quantitative estimate of drug-likeness (QED) is 0.918. The van der Waals surface area contributed by atoms with E-state index >= 15 is 0 Å². The fraction of sp³-hybridized carbons (Fsp3) is 0.316. The summed E-state index contributed by atoms with van der Waals surface area (Å²) in [6, 6.07) is 19.3. The third kappa shape index (κ3) is 3.20. The molecule has 0 spiro atoms. The van der Waals surface area contributed by atoms with E-state index in [2.05, 4.69) is 53.4 Å². The van der Waals surface area contributed by atoms with E-state index in [0.717, 1.165) is 19.5 Å². The first kappa shape index (κ1) is 14.8. The summed E-state index contributed by atoms with van der Waals surface area (Å²) in [5, 5.41) is 8.87. The van der Waals surface area contributed by atoms with E-state index in [4.69, 9.17) is 5.11 Å². The van der Waals surface area contributed by atoms with Crippen LogP contribution in [0, 0.1) is 0 Å². The van der Waals surface area contributed by atoms with Gasteiger partial charge in [0.05, 0.1) is 6.04 Å². The van der Waals surface area contributed by atoms with Crippen LogP contribution in [-0.4, -0.2) is 29.1 Å². The minimum Gasteiger partial charge on any atom is -0.481 e. The lowest BCUT2D eigenvalue weighted by Gasteiger charge is -2.37. The van der Waals surface area contributed by atoms with E-state index in [1.807, 2.05) is 6.07 Å². The molecule has 1 heterocycles.